The highest BCUT2D eigenvalue weighted by molar-refractivity contribution is 7.47. The molecule has 0 aromatic carbocycles. The fourth-order valence-corrected chi connectivity index (χ4v) is 12.2. The van der Waals surface area contributed by atoms with E-state index in [1.165, 1.54) is 141 Å². The minimum atomic E-state index is -4.95. The van der Waals surface area contributed by atoms with E-state index < -0.39 is 97.5 Å². The number of unbranched alkanes of at least 4 members (excludes halogenated alkanes) is 34. The number of hydrogen-bond donors (Lipinski definition) is 3. The van der Waals surface area contributed by atoms with Crippen molar-refractivity contribution < 1.29 is 80.2 Å². The molecule has 17 nitrogen and oxygen atoms in total. The van der Waals surface area contributed by atoms with Gasteiger partial charge in [-0.15, -0.1) is 0 Å². The lowest BCUT2D eigenvalue weighted by molar-refractivity contribution is -0.161. The molecule has 0 aliphatic carbocycles. The molecule has 5 atom stereocenters. The van der Waals surface area contributed by atoms with Gasteiger partial charge in [0.15, 0.2) is 12.2 Å². The number of carbonyl (C=O) groups excluding carboxylic acids is 4. The zero-order valence-corrected chi connectivity index (χ0v) is 60.6. The Morgan fingerprint density at radius 3 is 0.689 bits per heavy atom. The molecule has 0 amide bonds. The van der Waals surface area contributed by atoms with Crippen LogP contribution in [-0.4, -0.2) is 96.7 Å². The van der Waals surface area contributed by atoms with E-state index >= 15 is 0 Å². The SMILES string of the molecule is CC(C)CCCCCCCCCCCCCCCCCC(=O)O[C@H](COC(=O)CCCCCCCCC(C)C)COP(=O)(O)OCC(O)COP(=O)(O)OC[C@@H](COC(=O)CCCCCCCCC(C)C)OC(=O)CCCCCCCCCCCCCC(C)C. The molecule has 0 saturated carbocycles. The molecule has 19 heteroatoms. The topological polar surface area (TPSA) is 237 Å². The van der Waals surface area contributed by atoms with Crippen LogP contribution in [0.2, 0.25) is 0 Å². The summed E-state index contributed by atoms with van der Waals surface area (Å²) in [4.78, 5) is 72.5. The van der Waals surface area contributed by atoms with Crippen molar-refractivity contribution in [2.75, 3.05) is 39.6 Å². The van der Waals surface area contributed by atoms with E-state index in [0.29, 0.717) is 37.5 Å². The van der Waals surface area contributed by atoms with Crippen LogP contribution in [0.15, 0.2) is 0 Å². The predicted molar refractivity (Wildman–Crippen MR) is 363 cm³/mol. The molecule has 0 aliphatic rings. The van der Waals surface area contributed by atoms with E-state index in [9.17, 15) is 43.2 Å². The summed E-state index contributed by atoms with van der Waals surface area (Å²) in [5.74, 6) is 0.795. The third-order valence-electron chi connectivity index (χ3n) is 16.3. The van der Waals surface area contributed by atoms with E-state index in [1.54, 1.807) is 0 Å². The third kappa shape index (κ3) is 64.8. The predicted octanol–water partition coefficient (Wildman–Crippen LogP) is 20.1. The molecule has 0 heterocycles. The number of rotatable bonds is 68. The van der Waals surface area contributed by atoms with E-state index in [2.05, 4.69) is 55.4 Å². The number of aliphatic hydroxyl groups is 1. The number of carbonyl (C=O) groups is 4. The lowest BCUT2D eigenvalue weighted by Crippen LogP contribution is -2.30. The maximum Gasteiger partial charge on any atom is 0.472 e. The minimum Gasteiger partial charge on any atom is -0.462 e. The van der Waals surface area contributed by atoms with Crippen molar-refractivity contribution in [1.29, 1.82) is 0 Å². The van der Waals surface area contributed by atoms with Gasteiger partial charge < -0.3 is 33.8 Å². The van der Waals surface area contributed by atoms with Crippen molar-refractivity contribution in [2.24, 2.45) is 23.7 Å². The Kier molecular flexibility index (Phi) is 59.4. The van der Waals surface area contributed by atoms with Crippen molar-refractivity contribution in [1.82, 2.24) is 0 Å². The standard InChI is InChI=1S/C71H138O17P2/c1-61(2)47-39-31-23-19-15-12-10-9-11-13-17-21-25-37-45-53-70(75)87-66(57-81-68(73)51-43-35-29-27-33-41-49-63(5)6)59-85-89(77,78)83-55-65(72)56-84-90(79,80)86-60-67(58-82-69(74)52-44-36-30-28-34-42-50-64(7)8)88-71(76)54-46-38-26-22-18-14-16-20-24-32-40-48-62(3)4/h61-67,72H,9-60H2,1-8H3,(H,77,78)(H,79,80)/t65?,66-,67-/m1/s1. The van der Waals surface area contributed by atoms with Crippen LogP contribution in [0.4, 0.5) is 0 Å². The van der Waals surface area contributed by atoms with Crippen LogP contribution < -0.4 is 0 Å². The molecule has 0 radical (unpaired) electrons. The highest BCUT2D eigenvalue weighted by Crippen LogP contribution is 2.45. The van der Waals surface area contributed by atoms with Gasteiger partial charge >= 0.3 is 39.5 Å². The van der Waals surface area contributed by atoms with Gasteiger partial charge in [-0.25, -0.2) is 9.13 Å². The molecular formula is C71H138O17P2. The normalized spacial score (nSPS) is 14.3. The van der Waals surface area contributed by atoms with Gasteiger partial charge in [0.1, 0.15) is 19.3 Å². The molecule has 0 spiro atoms. The van der Waals surface area contributed by atoms with Gasteiger partial charge in [0.2, 0.25) is 0 Å². The Morgan fingerprint density at radius 1 is 0.278 bits per heavy atom. The molecule has 3 unspecified atom stereocenters. The summed E-state index contributed by atoms with van der Waals surface area (Å²) in [7, 11) is -9.90. The van der Waals surface area contributed by atoms with Crippen molar-refractivity contribution >= 4 is 39.5 Å². The second kappa shape index (κ2) is 60.7. The maximum absolute atomic E-state index is 13.0. The molecule has 0 bridgehead atoms. The average molecular weight is 1330 g/mol. The molecule has 0 aromatic rings. The van der Waals surface area contributed by atoms with Crippen LogP contribution in [0.1, 0.15) is 351 Å². The van der Waals surface area contributed by atoms with Gasteiger partial charge in [0, 0.05) is 25.7 Å². The average Bonchev–Trinajstić information content (AvgIpc) is 3.06. The van der Waals surface area contributed by atoms with E-state index in [1.807, 2.05) is 0 Å². The lowest BCUT2D eigenvalue weighted by atomic mass is 10.0. The van der Waals surface area contributed by atoms with Crippen LogP contribution in [0.3, 0.4) is 0 Å². The Hall–Kier alpha value is -1.94. The Balaban J connectivity index is 5.19. The van der Waals surface area contributed by atoms with Gasteiger partial charge in [-0.2, -0.15) is 0 Å². The molecule has 0 aromatic heterocycles. The quantitative estimate of drug-likeness (QED) is 0.0222. The fraction of sp³-hybridized carbons (Fsp3) is 0.944. The molecule has 3 N–H and O–H groups in total. The van der Waals surface area contributed by atoms with Crippen molar-refractivity contribution in [3.8, 4) is 0 Å². The lowest BCUT2D eigenvalue weighted by Gasteiger charge is -2.21. The largest absolute Gasteiger partial charge is 0.472 e. The minimum absolute atomic E-state index is 0.105. The molecule has 0 aliphatic heterocycles. The van der Waals surface area contributed by atoms with Gasteiger partial charge in [-0.3, -0.25) is 37.3 Å². The molecule has 0 rings (SSSR count). The third-order valence-corrected chi connectivity index (χ3v) is 18.2. The highest BCUT2D eigenvalue weighted by atomic mass is 31.2. The maximum atomic E-state index is 13.0. The first kappa shape index (κ1) is 88.1. The van der Waals surface area contributed by atoms with Gasteiger partial charge in [-0.05, 0) is 49.4 Å². The summed E-state index contributed by atoms with van der Waals surface area (Å²) in [5.41, 5.74) is 0. The second-order valence-electron chi connectivity index (χ2n) is 27.5. The summed E-state index contributed by atoms with van der Waals surface area (Å²) >= 11 is 0. The number of ether oxygens (including phenoxy) is 4. The number of aliphatic hydroxyl groups excluding tert-OH is 1. The zero-order valence-electron chi connectivity index (χ0n) is 58.8. The summed E-state index contributed by atoms with van der Waals surface area (Å²) in [6.07, 6.45) is 43.4. The van der Waals surface area contributed by atoms with E-state index in [-0.39, 0.29) is 25.7 Å². The smallest absolute Gasteiger partial charge is 0.462 e. The van der Waals surface area contributed by atoms with E-state index in [4.69, 9.17) is 37.0 Å². The number of phosphoric acid groups is 2. The van der Waals surface area contributed by atoms with Gasteiger partial charge in [0.25, 0.3) is 0 Å². The summed E-state index contributed by atoms with van der Waals surface area (Å²) in [6, 6.07) is 0. The summed E-state index contributed by atoms with van der Waals surface area (Å²) in [5, 5.41) is 10.6. The van der Waals surface area contributed by atoms with Crippen LogP contribution in [0.25, 0.3) is 0 Å². The summed E-state index contributed by atoms with van der Waals surface area (Å²) < 4.78 is 68.2. The summed E-state index contributed by atoms with van der Waals surface area (Å²) in [6.45, 7) is 14.0. The van der Waals surface area contributed by atoms with E-state index in [0.717, 1.165) is 115 Å². The molecular weight excluding hydrogens is 1190 g/mol. The number of hydrogen-bond acceptors (Lipinski definition) is 15. The molecule has 0 saturated heterocycles. The molecule has 90 heavy (non-hydrogen) atoms. The van der Waals surface area contributed by atoms with Gasteiger partial charge in [-0.1, -0.05) is 299 Å². The van der Waals surface area contributed by atoms with Gasteiger partial charge in [0.05, 0.1) is 26.4 Å². The number of esters is 4. The first-order chi connectivity index (χ1) is 43.1. The molecule has 534 valence electrons. The van der Waals surface area contributed by atoms with Crippen molar-refractivity contribution in [3.05, 3.63) is 0 Å². The first-order valence-electron chi connectivity index (χ1n) is 36.7. The fourth-order valence-electron chi connectivity index (χ4n) is 10.7. The van der Waals surface area contributed by atoms with Crippen molar-refractivity contribution in [2.45, 2.75) is 369 Å². The second-order valence-corrected chi connectivity index (χ2v) is 30.4. The van der Waals surface area contributed by atoms with Crippen LogP contribution in [0, 0.1) is 23.7 Å². The Bertz CT molecular complexity index is 1780. The Labute approximate surface area is 549 Å². The number of phosphoric ester groups is 2. The monoisotopic (exact) mass is 1320 g/mol. The zero-order chi connectivity index (χ0) is 66.8. The van der Waals surface area contributed by atoms with Crippen LogP contribution in [-0.2, 0) is 65.4 Å². The highest BCUT2D eigenvalue weighted by Gasteiger charge is 2.30. The van der Waals surface area contributed by atoms with Crippen LogP contribution in [0.5, 0.6) is 0 Å². The Morgan fingerprint density at radius 2 is 0.467 bits per heavy atom. The van der Waals surface area contributed by atoms with Crippen LogP contribution >= 0.6 is 15.6 Å². The van der Waals surface area contributed by atoms with Crippen molar-refractivity contribution in [3.63, 3.8) is 0 Å². The molecule has 0 fully saturated rings. The first-order valence-corrected chi connectivity index (χ1v) is 39.7.